The fraction of sp³-hybridized carbons (Fsp3) is 0.481. The second-order valence-electron chi connectivity index (χ2n) is 9.60. The van der Waals surface area contributed by atoms with Crippen molar-refractivity contribution in [3.8, 4) is 0 Å². The highest BCUT2D eigenvalue weighted by Gasteiger charge is 2.38. The number of likely N-dealkylation sites (N-methyl/N-ethyl adjacent to an activating group) is 1. The maximum Gasteiger partial charge on any atom is 0.410 e. The summed E-state index contributed by atoms with van der Waals surface area (Å²) in [6.07, 6.45) is 8.02. The maximum absolute atomic E-state index is 13.0. The first-order valence-electron chi connectivity index (χ1n) is 12.3. The van der Waals surface area contributed by atoms with E-state index in [-0.39, 0.29) is 24.0 Å². The molecular formula is C27H35ClN4O3. The van der Waals surface area contributed by atoms with Gasteiger partial charge < -0.3 is 19.5 Å². The molecule has 188 valence electrons. The van der Waals surface area contributed by atoms with E-state index in [2.05, 4.69) is 16.0 Å². The van der Waals surface area contributed by atoms with Crippen molar-refractivity contribution in [1.29, 1.82) is 0 Å². The third-order valence-electron chi connectivity index (χ3n) is 6.87. The molecule has 7 nitrogen and oxygen atoms in total. The first-order valence-corrected chi connectivity index (χ1v) is 12.7. The van der Waals surface area contributed by atoms with Crippen molar-refractivity contribution < 1.29 is 14.3 Å². The molecule has 35 heavy (non-hydrogen) atoms. The number of hydrogen-bond donors (Lipinski definition) is 1. The molecule has 1 aromatic carbocycles. The van der Waals surface area contributed by atoms with Crippen LogP contribution in [0.4, 0.5) is 4.79 Å². The van der Waals surface area contributed by atoms with E-state index in [0.29, 0.717) is 36.7 Å². The summed E-state index contributed by atoms with van der Waals surface area (Å²) in [6.45, 7) is 4.38. The largest absolute Gasteiger partial charge is 0.450 e. The van der Waals surface area contributed by atoms with Crippen LogP contribution in [0.5, 0.6) is 0 Å². The molecule has 1 aliphatic heterocycles. The van der Waals surface area contributed by atoms with Crippen molar-refractivity contribution in [2.75, 3.05) is 47.4 Å². The number of halogens is 1. The Kier molecular flexibility index (Phi) is 7.87. The number of ether oxygens (including phenoxy) is 1. The van der Waals surface area contributed by atoms with Gasteiger partial charge in [0.25, 0.3) is 5.91 Å². The predicted molar refractivity (Wildman–Crippen MR) is 140 cm³/mol. The van der Waals surface area contributed by atoms with E-state index >= 15 is 0 Å². The zero-order valence-corrected chi connectivity index (χ0v) is 21.8. The summed E-state index contributed by atoms with van der Waals surface area (Å²) in [5, 5.41) is 1.80. The Morgan fingerprint density at radius 3 is 2.71 bits per heavy atom. The number of allylic oxidation sites excluding steroid dienone is 1. The molecule has 1 N–H and O–H groups in total. The van der Waals surface area contributed by atoms with Gasteiger partial charge in [-0.25, -0.2) is 4.79 Å². The molecule has 2 atom stereocenters. The van der Waals surface area contributed by atoms with Crippen LogP contribution in [0, 0.1) is 5.92 Å². The zero-order chi connectivity index (χ0) is 25.1. The summed E-state index contributed by atoms with van der Waals surface area (Å²) < 4.78 is 5.40. The van der Waals surface area contributed by atoms with E-state index in [1.165, 1.54) is 5.56 Å². The molecule has 2 amide bonds. The number of fused-ring (bicyclic) bond motifs is 3. The Labute approximate surface area is 212 Å². The van der Waals surface area contributed by atoms with E-state index in [4.69, 9.17) is 16.3 Å². The standard InChI is InChI=1S/C27H35ClN4O3/c1-5-35-27(34)32-16-13-21-22-17-20(28)11-12-23(22)29-24(21)25(32)18-7-9-19(10-8-18)26(33)31(4)15-6-14-30(2)3/h7,9-12,17-18,25,29H,5-6,8,13-16H2,1-4H3. The summed E-state index contributed by atoms with van der Waals surface area (Å²) >= 11 is 6.29. The van der Waals surface area contributed by atoms with Crippen LogP contribution < -0.4 is 0 Å². The molecule has 2 aromatic rings. The number of aromatic nitrogens is 1. The first kappa shape index (κ1) is 25.3. The summed E-state index contributed by atoms with van der Waals surface area (Å²) in [6, 6.07) is 5.65. The van der Waals surface area contributed by atoms with Gasteiger partial charge in [-0.15, -0.1) is 0 Å². The molecule has 0 saturated heterocycles. The average molecular weight is 499 g/mol. The van der Waals surface area contributed by atoms with Gasteiger partial charge in [0.1, 0.15) is 0 Å². The van der Waals surface area contributed by atoms with Crippen LogP contribution in [0.15, 0.2) is 42.0 Å². The average Bonchev–Trinajstić information content (AvgIpc) is 3.20. The molecule has 8 heteroatoms. The molecule has 2 unspecified atom stereocenters. The van der Waals surface area contributed by atoms with Crippen molar-refractivity contribution >= 4 is 34.5 Å². The minimum Gasteiger partial charge on any atom is -0.450 e. The highest BCUT2D eigenvalue weighted by Crippen LogP contribution is 2.42. The zero-order valence-electron chi connectivity index (χ0n) is 21.0. The van der Waals surface area contributed by atoms with Crippen molar-refractivity contribution in [2.24, 2.45) is 5.92 Å². The number of amides is 2. The van der Waals surface area contributed by atoms with Gasteiger partial charge in [0.05, 0.1) is 12.6 Å². The van der Waals surface area contributed by atoms with E-state index in [9.17, 15) is 9.59 Å². The van der Waals surface area contributed by atoms with Crippen LogP contribution in [-0.4, -0.2) is 79.1 Å². The van der Waals surface area contributed by atoms with E-state index in [1.54, 1.807) is 4.90 Å². The number of carbonyl (C=O) groups is 2. The normalized spacial score (nSPS) is 19.6. The number of benzene rings is 1. The molecule has 1 aliphatic carbocycles. The number of nitrogens with zero attached hydrogens (tertiary/aromatic N) is 3. The summed E-state index contributed by atoms with van der Waals surface area (Å²) in [5.74, 6) is 0.0582. The smallest absolute Gasteiger partial charge is 0.410 e. The molecule has 2 heterocycles. The SMILES string of the molecule is CCOC(=O)N1CCc2c([nH]c3ccc(Cl)cc23)C1C1C=CC(C(=O)N(C)CCCN(C)C)=CC1. The minimum absolute atomic E-state index is 0.0255. The van der Waals surface area contributed by atoms with Gasteiger partial charge in [0.15, 0.2) is 0 Å². The number of nitrogens with one attached hydrogen (secondary N) is 1. The topological polar surface area (TPSA) is 68.9 Å². The molecular weight excluding hydrogens is 464 g/mol. The van der Waals surface area contributed by atoms with Crippen molar-refractivity contribution in [1.82, 2.24) is 19.7 Å². The van der Waals surface area contributed by atoms with Crippen LogP contribution >= 0.6 is 11.6 Å². The quantitative estimate of drug-likeness (QED) is 0.596. The van der Waals surface area contributed by atoms with Crippen molar-refractivity contribution in [2.45, 2.75) is 32.2 Å². The molecule has 0 bridgehead atoms. The molecule has 1 aromatic heterocycles. The highest BCUT2D eigenvalue weighted by atomic mass is 35.5. The molecule has 0 spiro atoms. The lowest BCUT2D eigenvalue weighted by molar-refractivity contribution is -0.125. The Hall–Kier alpha value is -2.77. The monoisotopic (exact) mass is 498 g/mol. The molecule has 2 aliphatic rings. The molecule has 0 radical (unpaired) electrons. The third-order valence-corrected chi connectivity index (χ3v) is 7.10. The van der Waals surface area contributed by atoms with Crippen molar-refractivity contribution in [3.63, 3.8) is 0 Å². The lowest BCUT2D eigenvalue weighted by Crippen LogP contribution is -2.43. The minimum atomic E-state index is -0.306. The lowest BCUT2D eigenvalue weighted by atomic mass is 9.83. The van der Waals surface area contributed by atoms with Gasteiger partial charge in [-0.1, -0.05) is 29.8 Å². The Morgan fingerprint density at radius 1 is 1.23 bits per heavy atom. The van der Waals surface area contributed by atoms with Gasteiger partial charge >= 0.3 is 6.09 Å². The van der Waals surface area contributed by atoms with Crippen LogP contribution in [0.25, 0.3) is 10.9 Å². The van der Waals surface area contributed by atoms with Gasteiger partial charge in [0, 0.05) is 53.2 Å². The van der Waals surface area contributed by atoms with E-state index in [1.807, 2.05) is 63.3 Å². The molecule has 4 rings (SSSR count). The number of hydrogen-bond acceptors (Lipinski definition) is 4. The van der Waals surface area contributed by atoms with Crippen LogP contribution in [0.1, 0.15) is 37.1 Å². The number of aromatic amines is 1. The van der Waals surface area contributed by atoms with E-state index < -0.39 is 0 Å². The summed E-state index contributed by atoms with van der Waals surface area (Å²) in [4.78, 5) is 35.1. The summed E-state index contributed by atoms with van der Waals surface area (Å²) in [5.41, 5.74) is 3.95. The Morgan fingerprint density at radius 2 is 2.03 bits per heavy atom. The van der Waals surface area contributed by atoms with Crippen molar-refractivity contribution in [3.05, 3.63) is 58.3 Å². The van der Waals surface area contributed by atoms with E-state index in [0.717, 1.165) is 36.0 Å². The fourth-order valence-corrected chi connectivity index (χ4v) is 5.29. The van der Waals surface area contributed by atoms with Gasteiger partial charge in [-0.3, -0.25) is 9.69 Å². The van der Waals surface area contributed by atoms with Crippen LogP contribution in [0.2, 0.25) is 5.02 Å². The van der Waals surface area contributed by atoms with Gasteiger partial charge in [0.2, 0.25) is 0 Å². The predicted octanol–water partition coefficient (Wildman–Crippen LogP) is 4.79. The lowest BCUT2D eigenvalue weighted by Gasteiger charge is -2.39. The van der Waals surface area contributed by atoms with Crippen LogP contribution in [0.3, 0.4) is 0 Å². The number of carbonyl (C=O) groups excluding carboxylic acids is 2. The van der Waals surface area contributed by atoms with Gasteiger partial charge in [-0.2, -0.15) is 0 Å². The van der Waals surface area contributed by atoms with Gasteiger partial charge in [-0.05, 0) is 70.6 Å². The molecule has 0 saturated carbocycles. The first-order chi connectivity index (χ1) is 16.8. The second-order valence-corrected chi connectivity index (χ2v) is 10.0. The van der Waals surface area contributed by atoms with Crippen LogP contribution in [-0.2, 0) is 16.0 Å². The Balaban J connectivity index is 1.57. The summed E-state index contributed by atoms with van der Waals surface area (Å²) in [7, 11) is 5.92. The fourth-order valence-electron chi connectivity index (χ4n) is 5.12. The second kappa shape index (κ2) is 10.9. The third kappa shape index (κ3) is 5.41. The number of rotatable bonds is 7. The Bertz CT molecular complexity index is 1150. The molecule has 0 fully saturated rings. The maximum atomic E-state index is 13.0. The highest BCUT2D eigenvalue weighted by molar-refractivity contribution is 6.31. The number of H-pyrrole nitrogens is 1.